The Bertz CT molecular complexity index is 2700. The molecule has 2 aliphatic rings. The van der Waals surface area contributed by atoms with Crippen LogP contribution < -0.4 is 0 Å². The molecule has 2 aromatic heterocycles. The summed E-state index contributed by atoms with van der Waals surface area (Å²) in [6, 6.07) is 54.4. The van der Waals surface area contributed by atoms with Crippen LogP contribution in [0.5, 0.6) is 0 Å². The summed E-state index contributed by atoms with van der Waals surface area (Å²) in [6.45, 7) is 9.68. The molecule has 11 rings (SSSR count). The fourth-order valence-electron chi connectivity index (χ4n) is 9.59. The van der Waals surface area contributed by atoms with Gasteiger partial charge < -0.3 is 9.13 Å². The van der Waals surface area contributed by atoms with Crippen LogP contribution in [0.15, 0.2) is 146 Å². The SMILES string of the molecule is CC1(C)c2cc3c(cc2-c2cc4c(cc21)c1ccccc1n4-c1ccccc1)C(C)(C)c1cc2c4ccccc4n(-c4ccccc4)c2cc1-3. The molecule has 0 bridgehead atoms. The van der Waals surface area contributed by atoms with Gasteiger partial charge in [0.2, 0.25) is 0 Å². The van der Waals surface area contributed by atoms with Gasteiger partial charge in [0.25, 0.3) is 0 Å². The molecule has 0 fully saturated rings. The van der Waals surface area contributed by atoms with Gasteiger partial charge in [0.05, 0.1) is 22.1 Å². The van der Waals surface area contributed by atoms with Crippen molar-refractivity contribution in [2.24, 2.45) is 0 Å². The zero-order valence-electron chi connectivity index (χ0n) is 28.8. The van der Waals surface area contributed by atoms with Gasteiger partial charge in [-0.15, -0.1) is 0 Å². The molecule has 2 nitrogen and oxygen atoms in total. The summed E-state index contributed by atoms with van der Waals surface area (Å²) < 4.78 is 4.89. The highest BCUT2D eigenvalue weighted by atomic mass is 15.0. The zero-order valence-corrected chi connectivity index (χ0v) is 28.8. The van der Waals surface area contributed by atoms with E-state index in [-0.39, 0.29) is 10.8 Å². The van der Waals surface area contributed by atoms with Crippen molar-refractivity contribution in [3.8, 4) is 33.6 Å². The first-order valence-corrected chi connectivity index (χ1v) is 17.8. The van der Waals surface area contributed by atoms with E-state index in [0.29, 0.717) is 0 Å². The third kappa shape index (κ3) is 3.43. The summed E-state index contributed by atoms with van der Waals surface area (Å²) >= 11 is 0. The van der Waals surface area contributed by atoms with Crippen molar-refractivity contribution >= 4 is 43.6 Å². The second-order valence-electron chi connectivity index (χ2n) is 15.4. The molecule has 0 aliphatic heterocycles. The van der Waals surface area contributed by atoms with E-state index >= 15 is 0 Å². The minimum Gasteiger partial charge on any atom is -0.309 e. The predicted molar refractivity (Wildman–Crippen MR) is 210 cm³/mol. The molecule has 2 heterocycles. The number of benzene rings is 7. The lowest BCUT2D eigenvalue weighted by atomic mass is 9.79. The maximum absolute atomic E-state index is 2.55. The first kappa shape index (κ1) is 28.0. The largest absolute Gasteiger partial charge is 0.309 e. The average Bonchev–Trinajstić information content (AvgIpc) is 3.79. The van der Waals surface area contributed by atoms with E-state index < -0.39 is 0 Å². The summed E-state index contributed by atoms with van der Waals surface area (Å²) in [5.74, 6) is 0. The van der Waals surface area contributed by atoms with Crippen LogP contribution in [-0.4, -0.2) is 9.13 Å². The van der Waals surface area contributed by atoms with E-state index in [1.165, 1.54) is 99.5 Å². The van der Waals surface area contributed by atoms with Gasteiger partial charge in [0.15, 0.2) is 0 Å². The second-order valence-corrected chi connectivity index (χ2v) is 15.4. The van der Waals surface area contributed by atoms with Crippen LogP contribution in [0, 0.1) is 0 Å². The minimum atomic E-state index is -0.139. The van der Waals surface area contributed by atoms with Crippen molar-refractivity contribution < 1.29 is 0 Å². The molecule has 0 saturated heterocycles. The summed E-state index contributed by atoms with van der Waals surface area (Å²) in [7, 11) is 0. The maximum Gasteiger partial charge on any atom is 0.0547 e. The molecular formula is C48H36N2. The van der Waals surface area contributed by atoms with E-state index in [2.05, 4.69) is 182 Å². The highest BCUT2D eigenvalue weighted by molar-refractivity contribution is 6.13. The van der Waals surface area contributed by atoms with Gasteiger partial charge in [0.1, 0.15) is 0 Å². The van der Waals surface area contributed by atoms with Crippen molar-refractivity contribution in [3.05, 3.63) is 168 Å². The molecule has 0 atom stereocenters. The first-order chi connectivity index (χ1) is 24.3. The van der Waals surface area contributed by atoms with Gasteiger partial charge in [-0.25, -0.2) is 0 Å². The lowest BCUT2D eigenvalue weighted by molar-refractivity contribution is 0.653. The Morgan fingerprint density at radius 2 is 0.660 bits per heavy atom. The number of hydrogen-bond acceptors (Lipinski definition) is 0. The monoisotopic (exact) mass is 640 g/mol. The van der Waals surface area contributed by atoms with Crippen LogP contribution in [0.25, 0.3) is 77.2 Å². The van der Waals surface area contributed by atoms with Gasteiger partial charge in [-0.1, -0.05) is 100 Å². The molecule has 0 spiro atoms. The number of rotatable bonds is 2. The Hall–Kier alpha value is -5.86. The van der Waals surface area contributed by atoms with Crippen molar-refractivity contribution in [1.29, 1.82) is 0 Å². The third-order valence-electron chi connectivity index (χ3n) is 12.1. The molecule has 0 unspecified atom stereocenters. The molecule has 0 saturated carbocycles. The number of fused-ring (bicyclic) bond motifs is 12. The Balaban J connectivity index is 1.18. The standard InChI is InChI=1S/C48H36N2/c1-47(2)39-23-34-36-28-46-38(32-20-12-14-22-44(32)50(46)30-17-9-6-10-18-30)26-42(36)48(3,4)40(34)24-33(39)35-27-45-37(25-41(35)47)31-19-11-13-21-43(31)49(45)29-15-7-5-8-16-29/h5-28H,1-4H3. The van der Waals surface area contributed by atoms with Gasteiger partial charge in [0, 0.05) is 43.7 Å². The minimum absolute atomic E-state index is 0.139. The molecule has 9 aromatic rings. The summed E-state index contributed by atoms with van der Waals surface area (Å²) in [4.78, 5) is 0. The fraction of sp³-hybridized carbons (Fsp3) is 0.125. The molecule has 7 aromatic carbocycles. The molecule has 0 amide bonds. The quantitative estimate of drug-likeness (QED) is 0.178. The fourth-order valence-corrected chi connectivity index (χ4v) is 9.59. The average molecular weight is 641 g/mol. The Labute approximate surface area is 291 Å². The van der Waals surface area contributed by atoms with Gasteiger partial charge in [-0.05, 0) is 117 Å². The van der Waals surface area contributed by atoms with E-state index in [0.717, 1.165) is 0 Å². The molecule has 2 heteroatoms. The van der Waals surface area contributed by atoms with Crippen molar-refractivity contribution in [2.75, 3.05) is 0 Å². The lowest BCUT2D eigenvalue weighted by Crippen LogP contribution is -2.17. The molecule has 0 radical (unpaired) electrons. The second kappa shape index (κ2) is 9.43. The molecule has 0 N–H and O–H groups in total. The molecule has 2 aliphatic carbocycles. The van der Waals surface area contributed by atoms with Crippen LogP contribution in [0.1, 0.15) is 49.9 Å². The van der Waals surface area contributed by atoms with E-state index in [9.17, 15) is 0 Å². The van der Waals surface area contributed by atoms with Gasteiger partial charge in [-0.2, -0.15) is 0 Å². The smallest absolute Gasteiger partial charge is 0.0547 e. The van der Waals surface area contributed by atoms with Crippen molar-refractivity contribution in [1.82, 2.24) is 9.13 Å². The predicted octanol–water partition coefficient (Wildman–Crippen LogP) is 12.5. The highest BCUT2D eigenvalue weighted by Crippen LogP contribution is 2.57. The molecule has 50 heavy (non-hydrogen) atoms. The van der Waals surface area contributed by atoms with Crippen LogP contribution in [0.2, 0.25) is 0 Å². The lowest BCUT2D eigenvalue weighted by Gasteiger charge is -2.24. The highest BCUT2D eigenvalue weighted by Gasteiger charge is 2.42. The number of nitrogens with zero attached hydrogens (tertiary/aromatic N) is 2. The summed E-state index contributed by atoms with van der Waals surface area (Å²) in [5.41, 5.74) is 18.3. The van der Waals surface area contributed by atoms with Crippen molar-refractivity contribution in [3.63, 3.8) is 0 Å². The van der Waals surface area contributed by atoms with E-state index in [4.69, 9.17) is 0 Å². The number of para-hydroxylation sites is 4. The van der Waals surface area contributed by atoms with Gasteiger partial charge in [-0.3, -0.25) is 0 Å². The van der Waals surface area contributed by atoms with Crippen molar-refractivity contribution in [2.45, 2.75) is 38.5 Å². The molecule has 238 valence electrons. The summed E-state index contributed by atoms with van der Waals surface area (Å²) in [5, 5.41) is 5.24. The van der Waals surface area contributed by atoms with Crippen LogP contribution in [0.3, 0.4) is 0 Å². The summed E-state index contributed by atoms with van der Waals surface area (Å²) in [6.07, 6.45) is 0. The zero-order chi connectivity index (χ0) is 33.5. The first-order valence-electron chi connectivity index (χ1n) is 17.8. The third-order valence-corrected chi connectivity index (χ3v) is 12.1. The normalized spacial score (nSPS) is 15.1. The van der Waals surface area contributed by atoms with Crippen LogP contribution in [0.4, 0.5) is 0 Å². The Kier molecular flexibility index (Phi) is 5.28. The van der Waals surface area contributed by atoms with E-state index in [1.54, 1.807) is 0 Å². The Morgan fingerprint density at radius 1 is 0.320 bits per heavy atom. The maximum atomic E-state index is 2.55. The van der Waals surface area contributed by atoms with Gasteiger partial charge >= 0.3 is 0 Å². The van der Waals surface area contributed by atoms with Crippen LogP contribution >= 0.6 is 0 Å². The van der Waals surface area contributed by atoms with E-state index in [1.807, 2.05) is 0 Å². The number of hydrogen-bond donors (Lipinski definition) is 0. The topological polar surface area (TPSA) is 9.86 Å². The Morgan fingerprint density at radius 3 is 1.08 bits per heavy atom. The molecular weight excluding hydrogens is 605 g/mol. The number of aromatic nitrogens is 2. The van der Waals surface area contributed by atoms with Crippen LogP contribution in [-0.2, 0) is 10.8 Å².